The molecule has 0 bridgehead atoms. The second-order valence-corrected chi connectivity index (χ2v) is 3.21. The number of carboxylic acid groups (broad SMARTS) is 1. The van der Waals surface area contributed by atoms with E-state index < -0.39 is 5.97 Å². The third kappa shape index (κ3) is 2.22. The molecule has 0 amide bonds. The van der Waals surface area contributed by atoms with Crippen molar-refractivity contribution in [2.75, 3.05) is 0 Å². The van der Waals surface area contributed by atoms with Crippen molar-refractivity contribution in [2.24, 2.45) is 0 Å². The lowest BCUT2D eigenvalue weighted by atomic mass is 10.2. The number of aromatic nitrogens is 4. The fourth-order valence-corrected chi connectivity index (χ4v) is 1.35. The third-order valence-corrected chi connectivity index (χ3v) is 2.09. The molecule has 6 heteroatoms. The van der Waals surface area contributed by atoms with Gasteiger partial charge < -0.3 is 9.90 Å². The fraction of sp³-hybridized carbons (Fsp3) is 0.200. The number of carbonyl (C=O) groups is 1. The van der Waals surface area contributed by atoms with E-state index in [-0.39, 0.29) is 13.0 Å². The van der Waals surface area contributed by atoms with Crippen LogP contribution in [0.3, 0.4) is 0 Å². The highest BCUT2D eigenvalue weighted by Crippen LogP contribution is 2.14. The first kappa shape index (κ1) is 10.3. The monoisotopic (exact) mass is 217 g/mol. The van der Waals surface area contributed by atoms with Crippen LogP contribution in [0.4, 0.5) is 0 Å². The first-order valence-electron chi connectivity index (χ1n) is 4.79. The Morgan fingerprint density at radius 3 is 2.75 bits per heavy atom. The molecule has 0 saturated carbocycles. The Labute approximate surface area is 91.5 Å². The Bertz CT molecular complexity index is 481. The van der Waals surface area contributed by atoms with Crippen molar-refractivity contribution in [1.82, 2.24) is 20.2 Å². The van der Waals surface area contributed by atoms with Gasteiger partial charge in [-0.1, -0.05) is 30.3 Å². The quantitative estimate of drug-likeness (QED) is 0.688. The summed E-state index contributed by atoms with van der Waals surface area (Å²) in [6, 6.07) is 9.35. The van der Waals surface area contributed by atoms with Crippen molar-refractivity contribution in [3.63, 3.8) is 0 Å². The number of carbonyl (C=O) groups excluding carboxylic acids is 1. The van der Waals surface area contributed by atoms with Crippen LogP contribution in [-0.2, 0) is 11.3 Å². The lowest BCUT2D eigenvalue weighted by molar-refractivity contribution is -0.306. The van der Waals surface area contributed by atoms with Crippen LogP contribution in [0.1, 0.15) is 6.42 Å². The number of hydrogen-bond donors (Lipinski definition) is 0. The van der Waals surface area contributed by atoms with Crippen molar-refractivity contribution in [3.05, 3.63) is 30.3 Å². The molecule has 16 heavy (non-hydrogen) atoms. The second kappa shape index (κ2) is 4.52. The Morgan fingerprint density at radius 2 is 2.06 bits per heavy atom. The van der Waals surface area contributed by atoms with E-state index in [1.165, 1.54) is 4.68 Å². The highest BCUT2D eigenvalue weighted by atomic mass is 16.4. The number of tetrazole rings is 1. The zero-order valence-corrected chi connectivity index (χ0v) is 8.41. The van der Waals surface area contributed by atoms with Crippen LogP contribution < -0.4 is 5.11 Å². The van der Waals surface area contributed by atoms with Crippen LogP contribution in [0.25, 0.3) is 11.4 Å². The molecule has 0 aliphatic heterocycles. The number of aliphatic carboxylic acids is 1. The average molecular weight is 217 g/mol. The molecule has 0 spiro atoms. The molecule has 6 nitrogen and oxygen atoms in total. The first-order chi connectivity index (χ1) is 7.77. The highest BCUT2D eigenvalue weighted by Gasteiger charge is 2.07. The molecule has 0 fully saturated rings. The van der Waals surface area contributed by atoms with Crippen LogP contribution in [0.15, 0.2) is 30.3 Å². The molecule has 0 N–H and O–H groups in total. The molecule has 0 aliphatic carbocycles. The molecule has 1 aromatic carbocycles. The van der Waals surface area contributed by atoms with Crippen molar-refractivity contribution < 1.29 is 9.90 Å². The van der Waals surface area contributed by atoms with Crippen LogP contribution in [0, 0.1) is 0 Å². The summed E-state index contributed by atoms with van der Waals surface area (Å²) in [5, 5.41) is 21.5. The van der Waals surface area contributed by atoms with Gasteiger partial charge in [-0.15, -0.1) is 5.10 Å². The molecule has 2 rings (SSSR count). The number of benzene rings is 1. The summed E-state index contributed by atoms with van der Waals surface area (Å²) in [5.74, 6) is -0.559. The Balaban J connectivity index is 2.23. The van der Waals surface area contributed by atoms with Gasteiger partial charge in [0.25, 0.3) is 0 Å². The molecular formula is C10H9N4O2-. The molecule has 1 aromatic heterocycles. The van der Waals surface area contributed by atoms with E-state index in [1.54, 1.807) is 0 Å². The fourth-order valence-electron chi connectivity index (χ4n) is 1.35. The maximum atomic E-state index is 10.3. The lowest BCUT2D eigenvalue weighted by Crippen LogP contribution is -2.24. The van der Waals surface area contributed by atoms with Gasteiger partial charge in [-0.2, -0.15) is 0 Å². The molecule has 0 unspecified atom stereocenters. The summed E-state index contributed by atoms with van der Waals surface area (Å²) < 4.78 is 1.45. The third-order valence-electron chi connectivity index (χ3n) is 2.09. The summed E-state index contributed by atoms with van der Waals surface area (Å²) in [5.41, 5.74) is 0.853. The number of rotatable bonds is 4. The minimum Gasteiger partial charge on any atom is -0.550 e. The Hall–Kier alpha value is -2.24. The molecule has 0 radical (unpaired) electrons. The van der Waals surface area contributed by atoms with Crippen LogP contribution in [0.2, 0.25) is 0 Å². The van der Waals surface area contributed by atoms with E-state index in [9.17, 15) is 9.90 Å². The second-order valence-electron chi connectivity index (χ2n) is 3.21. The topological polar surface area (TPSA) is 83.7 Å². The normalized spacial score (nSPS) is 10.2. The average Bonchev–Trinajstić information content (AvgIpc) is 2.75. The smallest absolute Gasteiger partial charge is 0.182 e. The van der Waals surface area contributed by atoms with Gasteiger partial charge in [0, 0.05) is 18.0 Å². The zero-order chi connectivity index (χ0) is 11.4. The maximum absolute atomic E-state index is 10.3. The Morgan fingerprint density at radius 1 is 1.31 bits per heavy atom. The Kier molecular flexibility index (Phi) is 2.90. The number of nitrogens with zero attached hydrogens (tertiary/aromatic N) is 4. The zero-order valence-electron chi connectivity index (χ0n) is 8.41. The number of aryl methyl sites for hydroxylation is 1. The molecule has 0 saturated heterocycles. The van der Waals surface area contributed by atoms with Crippen molar-refractivity contribution in [3.8, 4) is 11.4 Å². The lowest BCUT2D eigenvalue weighted by Gasteiger charge is -2.04. The van der Waals surface area contributed by atoms with E-state index in [2.05, 4.69) is 15.5 Å². The summed E-state index contributed by atoms with van der Waals surface area (Å²) in [6.45, 7) is 0.208. The van der Waals surface area contributed by atoms with E-state index in [0.29, 0.717) is 5.82 Å². The SMILES string of the molecule is O=C([O-])CCn1nnnc1-c1ccccc1. The van der Waals surface area contributed by atoms with Gasteiger partial charge in [0.05, 0.1) is 6.54 Å². The summed E-state index contributed by atoms with van der Waals surface area (Å²) >= 11 is 0. The first-order valence-corrected chi connectivity index (χ1v) is 4.79. The van der Waals surface area contributed by atoms with E-state index in [1.807, 2.05) is 30.3 Å². The number of carboxylic acids is 1. The van der Waals surface area contributed by atoms with E-state index in [4.69, 9.17) is 0 Å². The summed E-state index contributed by atoms with van der Waals surface area (Å²) in [6.07, 6.45) is -0.106. The van der Waals surface area contributed by atoms with Gasteiger partial charge >= 0.3 is 0 Å². The van der Waals surface area contributed by atoms with Gasteiger partial charge in [0.2, 0.25) is 0 Å². The molecule has 0 atom stereocenters. The largest absolute Gasteiger partial charge is 0.550 e. The van der Waals surface area contributed by atoms with Gasteiger partial charge in [-0.05, 0) is 10.4 Å². The van der Waals surface area contributed by atoms with Crippen molar-refractivity contribution in [1.29, 1.82) is 0 Å². The van der Waals surface area contributed by atoms with Gasteiger partial charge in [-0.25, -0.2) is 4.68 Å². The number of hydrogen-bond acceptors (Lipinski definition) is 5. The van der Waals surface area contributed by atoms with Crippen LogP contribution >= 0.6 is 0 Å². The standard InChI is InChI=1S/C10H10N4O2/c15-9(16)6-7-14-10(11-12-13-14)8-4-2-1-3-5-8/h1-5H,6-7H2,(H,15,16)/p-1. The van der Waals surface area contributed by atoms with Crippen molar-refractivity contribution in [2.45, 2.75) is 13.0 Å². The molecule has 2 aromatic rings. The van der Waals surface area contributed by atoms with E-state index >= 15 is 0 Å². The maximum Gasteiger partial charge on any atom is 0.182 e. The van der Waals surface area contributed by atoms with Crippen LogP contribution in [0.5, 0.6) is 0 Å². The highest BCUT2D eigenvalue weighted by molar-refractivity contribution is 5.64. The minimum atomic E-state index is -1.12. The predicted octanol–water partition coefficient (Wildman–Crippen LogP) is -0.520. The van der Waals surface area contributed by atoms with Crippen molar-refractivity contribution >= 4 is 5.97 Å². The van der Waals surface area contributed by atoms with Gasteiger partial charge in [0.15, 0.2) is 5.82 Å². The molecule has 0 aliphatic rings. The molecule has 82 valence electrons. The summed E-state index contributed by atoms with van der Waals surface area (Å²) in [4.78, 5) is 10.3. The van der Waals surface area contributed by atoms with Gasteiger partial charge in [0.1, 0.15) is 0 Å². The van der Waals surface area contributed by atoms with Crippen LogP contribution in [-0.4, -0.2) is 26.2 Å². The molecule has 1 heterocycles. The minimum absolute atomic E-state index is 0.106. The predicted molar refractivity (Wildman–Crippen MR) is 52.9 cm³/mol. The molecular weight excluding hydrogens is 208 g/mol. The van der Waals surface area contributed by atoms with Gasteiger partial charge in [-0.3, -0.25) is 0 Å². The summed E-state index contributed by atoms with van der Waals surface area (Å²) in [7, 11) is 0. The van der Waals surface area contributed by atoms with E-state index in [0.717, 1.165) is 5.56 Å².